The summed E-state index contributed by atoms with van der Waals surface area (Å²) in [5.74, 6) is 0. The van der Waals surface area contributed by atoms with E-state index in [1.807, 2.05) is 0 Å². The van der Waals surface area contributed by atoms with Gasteiger partial charge in [-0.2, -0.15) is 0 Å². The van der Waals surface area contributed by atoms with Gasteiger partial charge < -0.3 is 9.88 Å². The minimum absolute atomic E-state index is 0.658. The summed E-state index contributed by atoms with van der Waals surface area (Å²) in [4.78, 5) is 6.21. The molecule has 3 aromatic rings. The van der Waals surface area contributed by atoms with Gasteiger partial charge in [-0.25, -0.2) is 0 Å². The molecule has 1 aromatic heterocycles. The summed E-state index contributed by atoms with van der Waals surface area (Å²) in [6.07, 6.45) is 5.14. The molecule has 4 rings (SSSR count). The Bertz CT molecular complexity index is 788. The average Bonchev–Trinajstić information content (AvgIpc) is 2.96. The molecule has 2 aromatic carbocycles. The average molecular weight is 304 g/mol. The van der Waals surface area contributed by atoms with Gasteiger partial charge in [-0.3, -0.25) is 0 Å². The molecule has 118 valence electrons. The number of rotatable bonds is 3. The number of hydrogen-bond acceptors (Lipinski definition) is 1. The maximum absolute atomic E-state index is 3.67. The predicted molar refractivity (Wildman–Crippen MR) is 97.7 cm³/mol. The van der Waals surface area contributed by atoms with Crippen molar-refractivity contribution in [3.8, 4) is 11.3 Å². The van der Waals surface area contributed by atoms with E-state index in [2.05, 4.69) is 71.5 Å². The zero-order valence-corrected chi connectivity index (χ0v) is 13.8. The highest BCUT2D eigenvalue weighted by molar-refractivity contribution is 5.90. The van der Waals surface area contributed by atoms with Gasteiger partial charge in [0.25, 0.3) is 0 Å². The third kappa shape index (κ3) is 2.79. The van der Waals surface area contributed by atoms with Crippen LogP contribution in [0.5, 0.6) is 0 Å². The number of nitrogens with zero attached hydrogens (tertiary/aromatic N) is 1. The zero-order valence-electron chi connectivity index (χ0n) is 13.8. The lowest BCUT2D eigenvalue weighted by Gasteiger charge is -2.32. The van der Waals surface area contributed by atoms with E-state index in [0.717, 1.165) is 6.42 Å². The van der Waals surface area contributed by atoms with Crippen molar-refractivity contribution in [3.05, 3.63) is 60.2 Å². The highest BCUT2D eigenvalue weighted by Crippen LogP contribution is 2.33. The molecular formula is C21H24N2. The number of benzene rings is 2. The first-order valence-corrected chi connectivity index (χ1v) is 8.68. The fourth-order valence-electron chi connectivity index (χ4n) is 3.90. The molecule has 2 heteroatoms. The van der Waals surface area contributed by atoms with Gasteiger partial charge in [-0.1, -0.05) is 55.0 Å². The SMILES string of the molecule is CN1CCCCC1Cc1c(-c2ccccc2)[nH]c2ccccc12. The van der Waals surface area contributed by atoms with Gasteiger partial charge in [-0.05, 0) is 50.0 Å². The fraction of sp³-hybridized carbons (Fsp3) is 0.333. The highest BCUT2D eigenvalue weighted by atomic mass is 15.1. The number of hydrogen-bond donors (Lipinski definition) is 1. The first kappa shape index (κ1) is 14.5. The summed E-state index contributed by atoms with van der Waals surface area (Å²) in [6, 6.07) is 20.1. The van der Waals surface area contributed by atoms with E-state index >= 15 is 0 Å². The maximum atomic E-state index is 3.67. The van der Waals surface area contributed by atoms with Crippen LogP contribution < -0.4 is 0 Å². The second kappa shape index (κ2) is 6.21. The van der Waals surface area contributed by atoms with E-state index in [1.165, 1.54) is 53.5 Å². The van der Waals surface area contributed by atoms with E-state index < -0.39 is 0 Å². The largest absolute Gasteiger partial charge is 0.354 e. The second-order valence-electron chi connectivity index (χ2n) is 6.72. The van der Waals surface area contributed by atoms with Crippen molar-refractivity contribution in [2.45, 2.75) is 31.7 Å². The minimum Gasteiger partial charge on any atom is -0.354 e. The number of H-pyrrole nitrogens is 1. The van der Waals surface area contributed by atoms with Gasteiger partial charge in [0, 0.05) is 22.6 Å². The van der Waals surface area contributed by atoms with Gasteiger partial charge >= 0.3 is 0 Å². The molecule has 0 amide bonds. The van der Waals surface area contributed by atoms with Gasteiger partial charge in [0.2, 0.25) is 0 Å². The van der Waals surface area contributed by atoms with Crippen molar-refractivity contribution in [2.24, 2.45) is 0 Å². The van der Waals surface area contributed by atoms with Crippen LogP contribution in [-0.2, 0) is 6.42 Å². The second-order valence-corrected chi connectivity index (χ2v) is 6.72. The Hall–Kier alpha value is -2.06. The topological polar surface area (TPSA) is 19.0 Å². The summed E-state index contributed by atoms with van der Waals surface area (Å²) in [5, 5.41) is 1.38. The lowest BCUT2D eigenvalue weighted by atomic mass is 9.93. The summed E-state index contributed by atoms with van der Waals surface area (Å²) in [5.41, 5.74) is 5.31. The van der Waals surface area contributed by atoms with Gasteiger partial charge in [0.15, 0.2) is 0 Å². The number of nitrogens with one attached hydrogen (secondary N) is 1. The number of para-hydroxylation sites is 1. The molecule has 0 saturated carbocycles. The van der Waals surface area contributed by atoms with Crippen LogP contribution >= 0.6 is 0 Å². The van der Waals surface area contributed by atoms with Crippen molar-refractivity contribution >= 4 is 10.9 Å². The van der Waals surface area contributed by atoms with Crippen LogP contribution in [0.15, 0.2) is 54.6 Å². The van der Waals surface area contributed by atoms with E-state index in [4.69, 9.17) is 0 Å². The fourth-order valence-corrected chi connectivity index (χ4v) is 3.90. The molecule has 1 saturated heterocycles. The molecule has 0 aliphatic carbocycles. The molecule has 2 heterocycles. The molecule has 1 unspecified atom stereocenters. The summed E-state index contributed by atoms with van der Waals surface area (Å²) >= 11 is 0. The number of aromatic amines is 1. The number of likely N-dealkylation sites (N-methyl/N-ethyl adjacent to an activating group) is 1. The van der Waals surface area contributed by atoms with Crippen molar-refractivity contribution < 1.29 is 0 Å². The Labute approximate surface area is 138 Å². The molecular weight excluding hydrogens is 280 g/mol. The van der Waals surface area contributed by atoms with Crippen molar-refractivity contribution in [1.82, 2.24) is 9.88 Å². The third-order valence-corrected chi connectivity index (χ3v) is 5.24. The van der Waals surface area contributed by atoms with Crippen LogP contribution in [0.1, 0.15) is 24.8 Å². The van der Waals surface area contributed by atoms with Crippen molar-refractivity contribution in [3.63, 3.8) is 0 Å². The lowest BCUT2D eigenvalue weighted by molar-refractivity contribution is 0.185. The van der Waals surface area contributed by atoms with Crippen LogP contribution in [0.4, 0.5) is 0 Å². The lowest BCUT2D eigenvalue weighted by Crippen LogP contribution is -2.37. The molecule has 2 nitrogen and oxygen atoms in total. The normalized spacial score (nSPS) is 19.3. The zero-order chi connectivity index (χ0) is 15.6. The number of aromatic nitrogens is 1. The monoisotopic (exact) mass is 304 g/mol. The molecule has 0 bridgehead atoms. The first-order valence-electron chi connectivity index (χ1n) is 8.68. The maximum Gasteiger partial charge on any atom is 0.0497 e. The minimum atomic E-state index is 0.658. The first-order chi connectivity index (χ1) is 11.3. The molecule has 0 radical (unpaired) electrons. The Kier molecular flexibility index (Phi) is 3.92. The summed E-state index contributed by atoms with van der Waals surface area (Å²) in [6.45, 7) is 1.23. The Morgan fingerprint density at radius 1 is 1.00 bits per heavy atom. The molecule has 1 aliphatic rings. The predicted octanol–water partition coefficient (Wildman–Crippen LogP) is 4.86. The molecule has 1 fully saturated rings. The standard InChI is InChI=1S/C21H24N2/c1-23-14-8-7-11-17(23)15-19-18-12-5-6-13-20(18)22-21(19)16-9-3-2-4-10-16/h2-6,9-10,12-13,17,22H,7-8,11,14-15H2,1H3. The van der Waals surface area contributed by atoms with E-state index in [-0.39, 0.29) is 0 Å². The third-order valence-electron chi connectivity index (χ3n) is 5.24. The quantitative estimate of drug-likeness (QED) is 0.732. The van der Waals surface area contributed by atoms with Crippen molar-refractivity contribution in [2.75, 3.05) is 13.6 Å². The molecule has 23 heavy (non-hydrogen) atoms. The summed E-state index contributed by atoms with van der Waals surface area (Å²) in [7, 11) is 2.28. The smallest absolute Gasteiger partial charge is 0.0497 e. The van der Waals surface area contributed by atoms with E-state index in [9.17, 15) is 0 Å². The number of fused-ring (bicyclic) bond motifs is 1. The Morgan fingerprint density at radius 3 is 2.61 bits per heavy atom. The van der Waals surface area contributed by atoms with Crippen LogP contribution in [0.2, 0.25) is 0 Å². The van der Waals surface area contributed by atoms with E-state index in [1.54, 1.807) is 0 Å². The van der Waals surface area contributed by atoms with Crippen LogP contribution in [0, 0.1) is 0 Å². The highest BCUT2D eigenvalue weighted by Gasteiger charge is 2.22. The number of piperidine rings is 1. The van der Waals surface area contributed by atoms with Crippen molar-refractivity contribution in [1.29, 1.82) is 0 Å². The van der Waals surface area contributed by atoms with E-state index in [0.29, 0.717) is 6.04 Å². The molecule has 1 N–H and O–H groups in total. The summed E-state index contributed by atoms with van der Waals surface area (Å²) < 4.78 is 0. The van der Waals surface area contributed by atoms with Crippen LogP contribution in [0.25, 0.3) is 22.2 Å². The Morgan fingerprint density at radius 2 is 1.78 bits per heavy atom. The van der Waals surface area contributed by atoms with Gasteiger partial charge in [-0.15, -0.1) is 0 Å². The van der Waals surface area contributed by atoms with Crippen LogP contribution in [0.3, 0.4) is 0 Å². The van der Waals surface area contributed by atoms with Crippen LogP contribution in [-0.4, -0.2) is 29.5 Å². The Balaban J connectivity index is 1.80. The van der Waals surface area contributed by atoms with Gasteiger partial charge in [0.05, 0.1) is 0 Å². The van der Waals surface area contributed by atoms with Gasteiger partial charge in [0.1, 0.15) is 0 Å². The molecule has 1 aliphatic heterocycles. The molecule has 0 spiro atoms. The number of likely N-dealkylation sites (tertiary alicyclic amines) is 1. The molecule has 1 atom stereocenters.